The first-order valence-corrected chi connectivity index (χ1v) is 5.05. The molecule has 1 heterocycles. The molecule has 1 aromatic heterocycles. The molecule has 0 radical (unpaired) electrons. The number of rotatable bonds is 5. The predicted molar refractivity (Wildman–Crippen MR) is 59.3 cm³/mol. The Kier molecular flexibility index (Phi) is 4.24. The average Bonchev–Trinajstić information content (AvgIpc) is 2.18. The van der Waals surface area contributed by atoms with Crippen LogP contribution in [0.3, 0.4) is 0 Å². The molecule has 0 aliphatic carbocycles. The highest BCUT2D eigenvalue weighted by atomic mass is 16.1. The molecule has 15 heavy (non-hydrogen) atoms. The Morgan fingerprint density at radius 1 is 1.53 bits per heavy atom. The maximum absolute atomic E-state index is 10.8. The van der Waals surface area contributed by atoms with E-state index in [1.807, 2.05) is 6.07 Å². The second-order valence-corrected chi connectivity index (χ2v) is 3.94. The predicted octanol–water partition coefficient (Wildman–Crippen LogP) is 0.926. The lowest BCUT2D eigenvalue weighted by atomic mass is 10.2. The monoisotopic (exact) mass is 207 g/mol. The van der Waals surface area contributed by atoms with E-state index in [-0.39, 0.29) is 0 Å². The van der Waals surface area contributed by atoms with Crippen molar-refractivity contribution >= 4 is 5.91 Å². The zero-order chi connectivity index (χ0) is 11.3. The number of carbonyl (C=O) groups is 1. The van der Waals surface area contributed by atoms with Crippen LogP contribution in [-0.4, -0.2) is 17.4 Å². The second kappa shape index (κ2) is 5.46. The maximum Gasteiger partial charge on any atom is 0.267 e. The number of aromatic nitrogens is 1. The Hall–Kier alpha value is -1.42. The van der Waals surface area contributed by atoms with E-state index in [0.29, 0.717) is 11.6 Å². The molecule has 1 aromatic rings. The van der Waals surface area contributed by atoms with Crippen molar-refractivity contribution in [3.8, 4) is 0 Å². The van der Waals surface area contributed by atoms with Crippen LogP contribution in [0.15, 0.2) is 18.3 Å². The summed E-state index contributed by atoms with van der Waals surface area (Å²) in [6, 6.07) is 3.51. The summed E-state index contributed by atoms with van der Waals surface area (Å²) in [4.78, 5) is 14.7. The minimum absolute atomic E-state index is 0.308. The molecule has 1 amide bonds. The molecule has 0 atom stereocenters. The van der Waals surface area contributed by atoms with E-state index in [4.69, 9.17) is 5.73 Å². The molecule has 3 N–H and O–H groups in total. The summed E-state index contributed by atoms with van der Waals surface area (Å²) < 4.78 is 0. The molecule has 0 saturated carbocycles. The van der Waals surface area contributed by atoms with Gasteiger partial charge in [0, 0.05) is 12.7 Å². The molecular weight excluding hydrogens is 190 g/mol. The third-order valence-corrected chi connectivity index (χ3v) is 1.96. The molecule has 4 nitrogen and oxygen atoms in total. The first-order chi connectivity index (χ1) is 7.09. The van der Waals surface area contributed by atoms with Crippen LogP contribution in [-0.2, 0) is 6.54 Å². The van der Waals surface area contributed by atoms with Gasteiger partial charge in [-0.15, -0.1) is 0 Å². The number of pyridine rings is 1. The molecule has 0 fully saturated rings. The minimum Gasteiger partial charge on any atom is -0.364 e. The van der Waals surface area contributed by atoms with Gasteiger partial charge in [0.05, 0.1) is 0 Å². The normalized spacial score (nSPS) is 10.6. The van der Waals surface area contributed by atoms with Crippen LogP contribution < -0.4 is 11.1 Å². The van der Waals surface area contributed by atoms with E-state index in [2.05, 4.69) is 24.1 Å². The van der Waals surface area contributed by atoms with Gasteiger partial charge in [-0.25, -0.2) is 0 Å². The van der Waals surface area contributed by atoms with Gasteiger partial charge in [-0.05, 0) is 24.1 Å². The first-order valence-electron chi connectivity index (χ1n) is 5.05. The molecular formula is C11H17N3O. The summed E-state index contributed by atoms with van der Waals surface area (Å²) in [6.45, 7) is 6.05. The maximum atomic E-state index is 10.8. The van der Waals surface area contributed by atoms with E-state index >= 15 is 0 Å². The molecule has 0 unspecified atom stereocenters. The molecule has 0 aromatic carbocycles. The quantitative estimate of drug-likeness (QED) is 0.754. The van der Waals surface area contributed by atoms with Crippen LogP contribution in [0, 0.1) is 5.92 Å². The van der Waals surface area contributed by atoms with Crippen molar-refractivity contribution in [1.82, 2.24) is 10.3 Å². The lowest BCUT2D eigenvalue weighted by Crippen LogP contribution is -2.19. The standard InChI is InChI=1S/C11H17N3O/c1-8(2)5-13-6-9-3-4-10(11(12)15)14-7-9/h3-4,7-8,13H,5-6H2,1-2H3,(H2,12,15). The molecule has 1 rings (SSSR count). The van der Waals surface area contributed by atoms with Gasteiger partial charge < -0.3 is 11.1 Å². The van der Waals surface area contributed by atoms with Crippen molar-refractivity contribution in [3.63, 3.8) is 0 Å². The third-order valence-electron chi connectivity index (χ3n) is 1.96. The summed E-state index contributed by atoms with van der Waals surface area (Å²) >= 11 is 0. The fourth-order valence-electron chi connectivity index (χ4n) is 1.18. The van der Waals surface area contributed by atoms with E-state index in [1.54, 1.807) is 12.3 Å². The van der Waals surface area contributed by atoms with Crippen molar-refractivity contribution < 1.29 is 4.79 Å². The number of amides is 1. The van der Waals surface area contributed by atoms with Crippen molar-refractivity contribution in [1.29, 1.82) is 0 Å². The van der Waals surface area contributed by atoms with E-state index < -0.39 is 5.91 Å². The van der Waals surface area contributed by atoms with Crippen LogP contribution in [0.25, 0.3) is 0 Å². The van der Waals surface area contributed by atoms with E-state index in [0.717, 1.165) is 18.7 Å². The van der Waals surface area contributed by atoms with Crippen LogP contribution in [0.1, 0.15) is 29.9 Å². The molecule has 82 valence electrons. The number of nitrogens with zero attached hydrogens (tertiary/aromatic N) is 1. The molecule has 4 heteroatoms. The van der Waals surface area contributed by atoms with Crippen molar-refractivity contribution in [2.75, 3.05) is 6.54 Å². The van der Waals surface area contributed by atoms with E-state index in [9.17, 15) is 4.79 Å². The van der Waals surface area contributed by atoms with Gasteiger partial charge in [0.15, 0.2) is 0 Å². The SMILES string of the molecule is CC(C)CNCc1ccc(C(N)=O)nc1. The number of hydrogen-bond acceptors (Lipinski definition) is 3. The minimum atomic E-state index is -0.489. The fraction of sp³-hybridized carbons (Fsp3) is 0.455. The van der Waals surface area contributed by atoms with Gasteiger partial charge in [-0.2, -0.15) is 0 Å². The van der Waals surface area contributed by atoms with Gasteiger partial charge in [0.1, 0.15) is 5.69 Å². The van der Waals surface area contributed by atoms with Gasteiger partial charge >= 0.3 is 0 Å². The van der Waals surface area contributed by atoms with E-state index in [1.165, 1.54) is 0 Å². The molecule has 0 spiro atoms. The Morgan fingerprint density at radius 2 is 2.27 bits per heavy atom. The lowest BCUT2D eigenvalue weighted by Gasteiger charge is -2.07. The first kappa shape index (κ1) is 11.7. The highest BCUT2D eigenvalue weighted by Gasteiger charge is 2.01. The van der Waals surface area contributed by atoms with Crippen LogP contribution >= 0.6 is 0 Å². The number of nitrogens with two attached hydrogens (primary N) is 1. The summed E-state index contributed by atoms with van der Waals surface area (Å²) in [5.41, 5.74) is 6.45. The summed E-state index contributed by atoms with van der Waals surface area (Å²) in [7, 11) is 0. The number of primary amides is 1. The summed E-state index contributed by atoms with van der Waals surface area (Å²) in [6.07, 6.45) is 1.67. The van der Waals surface area contributed by atoms with Crippen LogP contribution in [0.5, 0.6) is 0 Å². The Balaban J connectivity index is 2.46. The molecule has 0 bridgehead atoms. The number of hydrogen-bond donors (Lipinski definition) is 2. The highest BCUT2D eigenvalue weighted by Crippen LogP contribution is 1.99. The van der Waals surface area contributed by atoms with Crippen molar-refractivity contribution in [2.45, 2.75) is 20.4 Å². The fourth-order valence-corrected chi connectivity index (χ4v) is 1.18. The van der Waals surface area contributed by atoms with Crippen molar-refractivity contribution in [2.24, 2.45) is 11.7 Å². The van der Waals surface area contributed by atoms with Gasteiger partial charge in [0.25, 0.3) is 5.91 Å². The van der Waals surface area contributed by atoms with Crippen LogP contribution in [0.4, 0.5) is 0 Å². The van der Waals surface area contributed by atoms with Crippen molar-refractivity contribution in [3.05, 3.63) is 29.6 Å². The molecule has 0 saturated heterocycles. The topological polar surface area (TPSA) is 68.0 Å². The van der Waals surface area contributed by atoms with Gasteiger partial charge in [-0.3, -0.25) is 9.78 Å². The van der Waals surface area contributed by atoms with Gasteiger partial charge in [0.2, 0.25) is 0 Å². The largest absolute Gasteiger partial charge is 0.364 e. The third kappa shape index (κ3) is 4.08. The Bertz CT molecular complexity index is 319. The zero-order valence-corrected chi connectivity index (χ0v) is 9.16. The second-order valence-electron chi connectivity index (χ2n) is 3.94. The highest BCUT2D eigenvalue weighted by molar-refractivity contribution is 5.90. The molecule has 0 aliphatic heterocycles. The number of carbonyl (C=O) groups excluding carboxylic acids is 1. The smallest absolute Gasteiger partial charge is 0.267 e. The Morgan fingerprint density at radius 3 is 2.73 bits per heavy atom. The van der Waals surface area contributed by atoms with Crippen LogP contribution in [0.2, 0.25) is 0 Å². The summed E-state index contributed by atoms with van der Waals surface area (Å²) in [5.74, 6) is 0.138. The average molecular weight is 207 g/mol. The Labute approximate surface area is 89.9 Å². The lowest BCUT2D eigenvalue weighted by molar-refractivity contribution is 0.0995. The van der Waals surface area contributed by atoms with Gasteiger partial charge in [-0.1, -0.05) is 19.9 Å². The number of nitrogens with one attached hydrogen (secondary N) is 1. The summed E-state index contributed by atoms with van der Waals surface area (Å²) in [5, 5.41) is 3.29. The zero-order valence-electron chi connectivity index (χ0n) is 9.16. The molecule has 0 aliphatic rings.